The van der Waals surface area contributed by atoms with Crippen molar-refractivity contribution in [2.24, 2.45) is 11.8 Å². The van der Waals surface area contributed by atoms with Crippen LogP contribution in [0.3, 0.4) is 0 Å². The number of nitrogens with one attached hydrogen (secondary N) is 1. The van der Waals surface area contributed by atoms with Gasteiger partial charge >= 0.3 is 0 Å². The summed E-state index contributed by atoms with van der Waals surface area (Å²) in [5.74, 6) is 0.194. The monoisotopic (exact) mass is 412 g/mol. The number of sulfonamides is 1. The van der Waals surface area contributed by atoms with Gasteiger partial charge in [0, 0.05) is 24.2 Å². The molecule has 1 aliphatic heterocycles. The predicted molar refractivity (Wildman–Crippen MR) is 107 cm³/mol. The highest BCUT2D eigenvalue weighted by molar-refractivity contribution is 7.89. The lowest BCUT2D eigenvalue weighted by molar-refractivity contribution is -0.127. The number of piperidine rings is 1. The number of carbonyl (C=O) groups is 1. The molecule has 0 spiro atoms. The van der Waals surface area contributed by atoms with Gasteiger partial charge < -0.3 is 5.32 Å². The van der Waals surface area contributed by atoms with E-state index in [1.54, 1.807) is 12.1 Å². The number of benzene rings is 1. The first-order valence-electron chi connectivity index (χ1n) is 9.85. The van der Waals surface area contributed by atoms with E-state index in [1.165, 1.54) is 16.8 Å². The van der Waals surface area contributed by atoms with E-state index in [9.17, 15) is 13.2 Å². The minimum atomic E-state index is -3.64. The lowest BCUT2D eigenvalue weighted by Crippen LogP contribution is -2.49. The van der Waals surface area contributed by atoms with E-state index in [2.05, 4.69) is 12.2 Å². The second-order valence-corrected chi connectivity index (χ2v) is 10.3. The average Bonchev–Trinajstić information content (AvgIpc) is 2.65. The van der Waals surface area contributed by atoms with E-state index >= 15 is 0 Å². The summed E-state index contributed by atoms with van der Waals surface area (Å²) in [6.07, 6.45) is 5.95. The summed E-state index contributed by atoms with van der Waals surface area (Å²) >= 11 is 6.11. The second kappa shape index (κ2) is 8.50. The number of nitrogens with zero attached hydrogens (tertiary/aromatic N) is 1. The maximum atomic E-state index is 13.0. The lowest BCUT2D eigenvalue weighted by Gasteiger charge is -2.34. The SMILES string of the molecule is Cc1ccc(S(=O)(=O)N2CCC[C@H](C(=O)N[C@@H]3CCCC[C@H]3C)C2)cc1Cl. The average molecular weight is 413 g/mol. The Bertz CT molecular complexity index is 796. The molecule has 2 fully saturated rings. The first-order chi connectivity index (χ1) is 12.8. The molecule has 0 unspecified atom stereocenters. The fraction of sp³-hybridized carbons (Fsp3) is 0.650. The van der Waals surface area contributed by atoms with Crippen LogP contribution in [0.25, 0.3) is 0 Å². The van der Waals surface area contributed by atoms with Crippen molar-refractivity contribution >= 4 is 27.5 Å². The zero-order valence-corrected chi connectivity index (χ0v) is 17.7. The molecule has 1 heterocycles. The molecule has 3 rings (SSSR count). The van der Waals surface area contributed by atoms with Crippen molar-refractivity contribution in [3.05, 3.63) is 28.8 Å². The standard InChI is InChI=1S/C20H29ClN2O3S/c1-14-9-10-17(12-18(14)21)27(25,26)23-11-5-7-16(13-23)20(24)22-19-8-4-3-6-15(19)2/h9-10,12,15-16,19H,3-8,11,13H2,1-2H3,(H,22,24)/t15-,16+,19-/m1/s1. The number of aryl methyl sites for hydroxylation is 1. The summed E-state index contributed by atoms with van der Waals surface area (Å²) in [6.45, 7) is 4.70. The summed E-state index contributed by atoms with van der Waals surface area (Å²) in [4.78, 5) is 13.0. The van der Waals surface area contributed by atoms with Crippen LogP contribution in [-0.2, 0) is 14.8 Å². The van der Waals surface area contributed by atoms with Gasteiger partial charge in [0.15, 0.2) is 0 Å². The van der Waals surface area contributed by atoms with Crippen molar-refractivity contribution in [1.29, 1.82) is 0 Å². The van der Waals surface area contributed by atoms with Crippen molar-refractivity contribution in [3.8, 4) is 0 Å². The molecule has 150 valence electrons. The molecule has 0 bridgehead atoms. The van der Waals surface area contributed by atoms with Crippen molar-refractivity contribution in [1.82, 2.24) is 9.62 Å². The molecule has 0 aromatic heterocycles. The van der Waals surface area contributed by atoms with Crippen LogP contribution in [-0.4, -0.2) is 37.8 Å². The Kier molecular flexibility index (Phi) is 6.49. The molecule has 1 N–H and O–H groups in total. The van der Waals surface area contributed by atoms with Crippen molar-refractivity contribution in [2.75, 3.05) is 13.1 Å². The number of halogens is 1. The number of hydrogen-bond acceptors (Lipinski definition) is 3. The molecule has 1 aromatic rings. The molecule has 0 radical (unpaired) electrons. The van der Waals surface area contributed by atoms with Gasteiger partial charge in [-0.2, -0.15) is 4.31 Å². The van der Waals surface area contributed by atoms with E-state index in [1.807, 2.05) is 6.92 Å². The highest BCUT2D eigenvalue weighted by Crippen LogP contribution is 2.28. The van der Waals surface area contributed by atoms with Gasteiger partial charge in [-0.1, -0.05) is 37.4 Å². The molecular formula is C20H29ClN2O3S. The maximum absolute atomic E-state index is 13.0. The quantitative estimate of drug-likeness (QED) is 0.818. The second-order valence-electron chi connectivity index (χ2n) is 7.99. The first kappa shape index (κ1) is 20.6. The minimum absolute atomic E-state index is 0.00408. The molecule has 27 heavy (non-hydrogen) atoms. The maximum Gasteiger partial charge on any atom is 0.243 e. The Hall–Kier alpha value is -1.11. The van der Waals surface area contributed by atoms with Crippen molar-refractivity contribution in [3.63, 3.8) is 0 Å². The van der Waals surface area contributed by atoms with Gasteiger partial charge in [-0.15, -0.1) is 0 Å². The number of hydrogen-bond donors (Lipinski definition) is 1. The molecule has 1 saturated carbocycles. The third-order valence-corrected chi connectivity index (χ3v) is 8.24. The predicted octanol–water partition coefficient (Wildman–Crippen LogP) is 3.74. The molecule has 1 amide bonds. The van der Waals surface area contributed by atoms with Gasteiger partial charge in [0.2, 0.25) is 15.9 Å². The van der Waals surface area contributed by atoms with E-state index in [0.29, 0.717) is 23.9 Å². The van der Waals surface area contributed by atoms with Crippen LogP contribution in [0.2, 0.25) is 5.02 Å². The number of rotatable bonds is 4. The first-order valence-corrected chi connectivity index (χ1v) is 11.7. The highest BCUT2D eigenvalue weighted by atomic mass is 35.5. The molecule has 3 atom stereocenters. The molecule has 1 saturated heterocycles. The molecule has 5 nitrogen and oxygen atoms in total. The topological polar surface area (TPSA) is 66.5 Å². The Labute approximate surface area is 167 Å². The summed E-state index contributed by atoms with van der Waals surface area (Å²) in [5, 5.41) is 3.62. The van der Waals surface area contributed by atoms with E-state index in [0.717, 1.165) is 31.2 Å². The third kappa shape index (κ3) is 4.66. The van der Waals surface area contributed by atoms with Crippen LogP contribution in [0.5, 0.6) is 0 Å². The number of amides is 1. The Balaban J connectivity index is 1.69. The van der Waals surface area contributed by atoms with Crippen molar-refractivity contribution < 1.29 is 13.2 Å². The lowest BCUT2D eigenvalue weighted by atomic mass is 9.85. The van der Waals surface area contributed by atoms with Crippen LogP contribution in [0, 0.1) is 18.8 Å². The fourth-order valence-electron chi connectivity index (χ4n) is 4.09. The Morgan fingerprint density at radius 1 is 1.19 bits per heavy atom. The van der Waals surface area contributed by atoms with Gasteiger partial charge in [0.05, 0.1) is 10.8 Å². The fourth-order valence-corrected chi connectivity index (χ4v) is 5.88. The molecule has 1 aromatic carbocycles. The molecule has 2 aliphatic rings. The zero-order chi connectivity index (χ0) is 19.6. The van der Waals surface area contributed by atoms with Crippen LogP contribution in [0.4, 0.5) is 0 Å². The van der Waals surface area contributed by atoms with E-state index in [4.69, 9.17) is 11.6 Å². The molecular weight excluding hydrogens is 384 g/mol. The number of carbonyl (C=O) groups excluding carboxylic acids is 1. The van der Waals surface area contributed by atoms with Crippen LogP contribution in [0.15, 0.2) is 23.1 Å². The van der Waals surface area contributed by atoms with E-state index < -0.39 is 10.0 Å². The summed E-state index contributed by atoms with van der Waals surface area (Å²) < 4.78 is 27.4. The van der Waals surface area contributed by atoms with Crippen LogP contribution >= 0.6 is 11.6 Å². The Morgan fingerprint density at radius 2 is 1.93 bits per heavy atom. The minimum Gasteiger partial charge on any atom is -0.353 e. The highest BCUT2D eigenvalue weighted by Gasteiger charge is 2.34. The van der Waals surface area contributed by atoms with Gasteiger partial charge in [0.1, 0.15) is 0 Å². The van der Waals surface area contributed by atoms with Gasteiger partial charge in [0.25, 0.3) is 0 Å². The van der Waals surface area contributed by atoms with Crippen LogP contribution < -0.4 is 5.32 Å². The largest absolute Gasteiger partial charge is 0.353 e. The molecule has 7 heteroatoms. The van der Waals surface area contributed by atoms with Gasteiger partial charge in [-0.25, -0.2) is 8.42 Å². The normalized spacial score (nSPS) is 27.3. The summed E-state index contributed by atoms with van der Waals surface area (Å²) in [6, 6.07) is 5.02. The zero-order valence-electron chi connectivity index (χ0n) is 16.1. The van der Waals surface area contributed by atoms with Gasteiger partial charge in [-0.3, -0.25) is 4.79 Å². The summed E-state index contributed by atoms with van der Waals surface area (Å²) in [5.41, 5.74) is 0.841. The van der Waals surface area contributed by atoms with Crippen molar-refractivity contribution in [2.45, 2.75) is 63.3 Å². The Morgan fingerprint density at radius 3 is 2.63 bits per heavy atom. The summed E-state index contributed by atoms with van der Waals surface area (Å²) in [7, 11) is -3.64. The smallest absolute Gasteiger partial charge is 0.243 e. The van der Waals surface area contributed by atoms with E-state index in [-0.39, 0.29) is 29.3 Å². The molecule has 1 aliphatic carbocycles. The van der Waals surface area contributed by atoms with Gasteiger partial charge in [-0.05, 0) is 56.2 Å². The van der Waals surface area contributed by atoms with Crippen LogP contribution in [0.1, 0.15) is 51.0 Å². The third-order valence-electron chi connectivity index (χ3n) is 5.98.